The Labute approximate surface area is 219 Å². The van der Waals surface area contributed by atoms with Crippen molar-refractivity contribution < 1.29 is 14.3 Å². The van der Waals surface area contributed by atoms with Crippen LogP contribution in [0.5, 0.6) is 0 Å². The summed E-state index contributed by atoms with van der Waals surface area (Å²) in [7, 11) is 0. The number of esters is 1. The molecule has 1 unspecified atom stereocenters. The second kappa shape index (κ2) is 12.0. The molecular weight excluding hydrogens is 490 g/mol. The Balaban J connectivity index is 1.58. The number of hydrogen-bond donors (Lipinski definition) is 1. The van der Waals surface area contributed by atoms with Crippen molar-refractivity contribution in [2.45, 2.75) is 37.5 Å². The van der Waals surface area contributed by atoms with E-state index in [2.05, 4.69) is 15.3 Å². The predicted octanol–water partition coefficient (Wildman–Crippen LogP) is 6.87. The molecule has 36 heavy (non-hydrogen) atoms. The molecule has 0 aliphatic rings. The van der Waals surface area contributed by atoms with Crippen LogP contribution < -0.4 is 5.32 Å². The molecule has 2 aromatic carbocycles. The largest absolute Gasteiger partial charge is 0.462 e. The lowest BCUT2D eigenvalue weighted by atomic mass is 10.0. The number of aryl methyl sites for hydroxylation is 1. The van der Waals surface area contributed by atoms with Crippen LogP contribution in [0.2, 0.25) is 0 Å². The fourth-order valence-electron chi connectivity index (χ4n) is 3.70. The zero-order chi connectivity index (χ0) is 25.5. The second-order valence-corrected chi connectivity index (χ2v) is 10.1. The van der Waals surface area contributed by atoms with Gasteiger partial charge in [0.05, 0.1) is 17.6 Å². The molecule has 0 aliphatic carbocycles. The van der Waals surface area contributed by atoms with Crippen LogP contribution >= 0.6 is 23.1 Å². The zero-order valence-corrected chi connectivity index (χ0v) is 22.0. The third-order valence-electron chi connectivity index (χ3n) is 5.40. The summed E-state index contributed by atoms with van der Waals surface area (Å²) >= 11 is 2.71. The van der Waals surface area contributed by atoms with E-state index in [1.807, 2.05) is 86.0 Å². The molecule has 2 aromatic heterocycles. The average molecular weight is 518 g/mol. The van der Waals surface area contributed by atoms with Crippen molar-refractivity contribution in [2.24, 2.45) is 0 Å². The highest BCUT2D eigenvalue weighted by molar-refractivity contribution is 8.00. The molecule has 4 rings (SSSR count). The molecule has 1 atom stereocenters. The number of anilines is 1. The highest BCUT2D eigenvalue weighted by atomic mass is 32.2. The summed E-state index contributed by atoms with van der Waals surface area (Å²) in [6.45, 7) is 5.82. The van der Waals surface area contributed by atoms with Crippen LogP contribution in [0.3, 0.4) is 0 Å². The molecule has 4 aromatic rings. The van der Waals surface area contributed by atoms with Crippen LogP contribution in [-0.4, -0.2) is 33.7 Å². The van der Waals surface area contributed by atoms with Crippen LogP contribution in [0.4, 0.5) is 5.00 Å². The molecule has 2 heterocycles. The number of thioether (sulfide) groups is 1. The number of ether oxygens (including phenoxy) is 1. The summed E-state index contributed by atoms with van der Waals surface area (Å²) in [4.78, 5) is 35.3. The van der Waals surface area contributed by atoms with Gasteiger partial charge in [0, 0.05) is 16.5 Å². The van der Waals surface area contributed by atoms with Gasteiger partial charge in [-0.25, -0.2) is 14.8 Å². The van der Waals surface area contributed by atoms with Crippen LogP contribution in [0.15, 0.2) is 77.1 Å². The fraction of sp³-hybridized carbons (Fsp3) is 0.214. The first kappa shape index (κ1) is 25.6. The maximum atomic E-state index is 13.3. The topological polar surface area (TPSA) is 81.2 Å². The van der Waals surface area contributed by atoms with Crippen LogP contribution in [0.25, 0.3) is 22.4 Å². The van der Waals surface area contributed by atoms with E-state index in [-0.39, 0.29) is 12.5 Å². The average Bonchev–Trinajstić information content (AvgIpc) is 3.31. The van der Waals surface area contributed by atoms with Crippen molar-refractivity contribution in [1.82, 2.24) is 9.97 Å². The highest BCUT2D eigenvalue weighted by Gasteiger charge is 2.26. The molecule has 0 saturated carbocycles. The first-order chi connectivity index (χ1) is 17.5. The fourth-order valence-corrected chi connectivity index (χ4v) is 5.65. The molecule has 1 N–H and O–H groups in total. The lowest BCUT2D eigenvalue weighted by Gasteiger charge is -2.15. The molecule has 0 bridgehead atoms. The molecule has 8 heteroatoms. The van der Waals surface area contributed by atoms with Crippen molar-refractivity contribution >= 4 is 40.0 Å². The lowest BCUT2D eigenvalue weighted by molar-refractivity contribution is -0.115. The standard InChI is InChI=1S/C28H27N3O3S2/c1-4-23(36-24-16-22(29-18(3)30-24)20-14-10-7-11-15-20)26(32)31-27-25(28(33)34-5-2)21(17-35-27)19-12-8-6-9-13-19/h6-17,23H,4-5H2,1-3H3,(H,31,32). The number of amides is 1. The van der Waals surface area contributed by atoms with Crippen LogP contribution in [0, 0.1) is 6.92 Å². The van der Waals surface area contributed by atoms with E-state index in [0.29, 0.717) is 22.8 Å². The maximum absolute atomic E-state index is 13.3. The summed E-state index contributed by atoms with van der Waals surface area (Å²) in [6, 6.07) is 21.4. The number of aromatic nitrogens is 2. The third kappa shape index (κ3) is 6.01. The van der Waals surface area contributed by atoms with Crippen LogP contribution in [0.1, 0.15) is 36.5 Å². The predicted molar refractivity (Wildman–Crippen MR) is 146 cm³/mol. The number of nitrogens with one attached hydrogen (secondary N) is 1. The highest BCUT2D eigenvalue weighted by Crippen LogP contribution is 2.37. The molecule has 0 fully saturated rings. The zero-order valence-electron chi connectivity index (χ0n) is 20.4. The van der Waals surface area contributed by atoms with Crippen LogP contribution in [-0.2, 0) is 9.53 Å². The van der Waals surface area contributed by atoms with Gasteiger partial charge in [0.1, 0.15) is 21.4 Å². The van der Waals surface area contributed by atoms with E-state index in [0.717, 1.165) is 27.4 Å². The third-order valence-corrected chi connectivity index (χ3v) is 7.58. The van der Waals surface area contributed by atoms with Crippen molar-refractivity contribution in [3.05, 3.63) is 83.5 Å². The van der Waals surface area contributed by atoms with Gasteiger partial charge in [-0.3, -0.25) is 4.79 Å². The molecule has 0 saturated heterocycles. The Bertz CT molecular complexity index is 1340. The molecule has 6 nitrogen and oxygen atoms in total. The minimum absolute atomic E-state index is 0.188. The number of hydrogen-bond acceptors (Lipinski definition) is 7. The normalized spacial score (nSPS) is 11.6. The Morgan fingerprint density at radius 1 is 1.00 bits per heavy atom. The molecule has 0 radical (unpaired) electrons. The van der Waals surface area contributed by atoms with E-state index >= 15 is 0 Å². The molecule has 184 valence electrons. The van der Waals surface area contributed by atoms with Crippen molar-refractivity contribution in [2.75, 3.05) is 11.9 Å². The smallest absolute Gasteiger partial charge is 0.341 e. The van der Waals surface area contributed by atoms with Gasteiger partial charge in [0.25, 0.3) is 0 Å². The monoisotopic (exact) mass is 517 g/mol. The summed E-state index contributed by atoms with van der Waals surface area (Å²) < 4.78 is 5.32. The molecule has 0 spiro atoms. The summed E-state index contributed by atoms with van der Waals surface area (Å²) in [5.74, 6) is 0.00374. The van der Waals surface area contributed by atoms with Gasteiger partial charge in [-0.05, 0) is 31.9 Å². The second-order valence-electron chi connectivity index (χ2n) is 7.95. The Morgan fingerprint density at radius 2 is 1.67 bits per heavy atom. The molecular formula is C28H27N3O3S2. The van der Waals surface area contributed by atoms with Gasteiger partial charge < -0.3 is 10.1 Å². The van der Waals surface area contributed by atoms with Gasteiger partial charge in [-0.15, -0.1) is 11.3 Å². The Hall–Kier alpha value is -3.49. The van der Waals surface area contributed by atoms with E-state index in [1.165, 1.54) is 23.1 Å². The van der Waals surface area contributed by atoms with E-state index < -0.39 is 11.2 Å². The van der Waals surface area contributed by atoms with Crippen molar-refractivity contribution in [3.63, 3.8) is 0 Å². The number of benzene rings is 2. The summed E-state index contributed by atoms with van der Waals surface area (Å²) in [6.07, 6.45) is 0.589. The quantitative estimate of drug-likeness (QED) is 0.148. The molecule has 0 aliphatic heterocycles. The first-order valence-electron chi connectivity index (χ1n) is 11.7. The van der Waals surface area contributed by atoms with Gasteiger partial charge in [0.15, 0.2) is 0 Å². The first-order valence-corrected chi connectivity index (χ1v) is 13.5. The summed E-state index contributed by atoms with van der Waals surface area (Å²) in [5.41, 5.74) is 3.83. The van der Waals surface area contributed by atoms with E-state index in [1.54, 1.807) is 6.92 Å². The Kier molecular flexibility index (Phi) is 8.51. The number of carbonyl (C=O) groups is 2. The molecule has 1 amide bonds. The van der Waals surface area contributed by atoms with Crippen molar-refractivity contribution in [1.29, 1.82) is 0 Å². The number of rotatable bonds is 9. The maximum Gasteiger partial charge on any atom is 0.341 e. The number of carbonyl (C=O) groups excluding carboxylic acids is 2. The summed E-state index contributed by atoms with van der Waals surface area (Å²) in [5, 5.41) is 5.68. The minimum Gasteiger partial charge on any atom is -0.462 e. The minimum atomic E-state index is -0.451. The van der Waals surface area contributed by atoms with Crippen molar-refractivity contribution in [3.8, 4) is 22.4 Å². The SMILES string of the molecule is CCOC(=O)c1c(-c2ccccc2)csc1NC(=O)C(CC)Sc1cc(-c2ccccc2)nc(C)n1. The lowest BCUT2D eigenvalue weighted by Crippen LogP contribution is -2.25. The number of nitrogens with zero attached hydrogens (tertiary/aromatic N) is 2. The van der Waals surface area contributed by atoms with E-state index in [9.17, 15) is 9.59 Å². The van der Waals surface area contributed by atoms with Gasteiger partial charge in [-0.2, -0.15) is 0 Å². The van der Waals surface area contributed by atoms with Gasteiger partial charge in [0.2, 0.25) is 5.91 Å². The van der Waals surface area contributed by atoms with Gasteiger partial charge >= 0.3 is 5.97 Å². The number of thiophene rings is 1. The van der Waals surface area contributed by atoms with E-state index in [4.69, 9.17) is 4.74 Å². The Morgan fingerprint density at radius 3 is 2.31 bits per heavy atom. The van der Waals surface area contributed by atoms with Gasteiger partial charge in [-0.1, -0.05) is 79.3 Å².